The maximum atomic E-state index is 5.99. The highest BCUT2D eigenvalue weighted by Crippen LogP contribution is 2.28. The van der Waals surface area contributed by atoms with Gasteiger partial charge in [-0.1, -0.05) is 30.5 Å². The van der Waals surface area contributed by atoms with Crippen LogP contribution in [0.15, 0.2) is 18.2 Å². The van der Waals surface area contributed by atoms with Crippen molar-refractivity contribution >= 4 is 0 Å². The maximum Gasteiger partial charge on any atom is 0.122 e. The lowest BCUT2D eigenvalue weighted by molar-refractivity contribution is 0.224. The topological polar surface area (TPSA) is 21.3 Å². The average molecular weight is 247 g/mol. The molecular formula is C16H25NO. The van der Waals surface area contributed by atoms with Crippen LogP contribution < -0.4 is 10.1 Å². The van der Waals surface area contributed by atoms with E-state index in [-0.39, 0.29) is 0 Å². The van der Waals surface area contributed by atoms with Gasteiger partial charge in [0.1, 0.15) is 12.4 Å². The molecule has 1 fully saturated rings. The minimum absolute atomic E-state index is 0.494. The van der Waals surface area contributed by atoms with Gasteiger partial charge in [-0.2, -0.15) is 0 Å². The zero-order valence-corrected chi connectivity index (χ0v) is 11.8. The molecule has 1 aliphatic rings. The smallest absolute Gasteiger partial charge is 0.122 e. The van der Waals surface area contributed by atoms with Crippen molar-refractivity contribution in [2.24, 2.45) is 5.92 Å². The first kappa shape index (κ1) is 13.4. The number of ether oxygens (including phenoxy) is 1. The van der Waals surface area contributed by atoms with Gasteiger partial charge in [-0.15, -0.1) is 0 Å². The molecule has 2 nitrogen and oxygen atoms in total. The van der Waals surface area contributed by atoms with E-state index in [0.717, 1.165) is 18.3 Å². The van der Waals surface area contributed by atoms with Gasteiger partial charge in [0.15, 0.2) is 0 Å². The van der Waals surface area contributed by atoms with Crippen LogP contribution in [0.3, 0.4) is 0 Å². The van der Waals surface area contributed by atoms with Crippen LogP contribution in [0.5, 0.6) is 5.75 Å². The van der Waals surface area contributed by atoms with E-state index in [4.69, 9.17) is 4.74 Å². The minimum atomic E-state index is 0.494. The number of aryl methyl sites for hydroxylation is 2. The fourth-order valence-electron chi connectivity index (χ4n) is 2.96. The SMILES string of the molecule is CNC(COc1ccc(C)cc1C)C1CCCC1. The molecule has 1 aliphatic carbocycles. The van der Waals surface area contributed by atoms with E-state index in [0.29, 0.717) is 6.04 Å². The van der Waals surface area contributed by atoms with Gasteiger partial charge < -0.3 is 10.1 Å². The van der Waals surface area contributed by atoms with Crippen LogP contribution in [-0.4, -0.2) is 19.7 Å². The zero-order chi connectivity index (χ0) is 13.0. The van der Waals surface area contributed by atoms with Gasteiger partial charge in [-0.3, -0.25) is 0 Å². The van der Waals surface area contributed by atoms with Crippen molar-refractivity contribution < 1.29 is 4.74 Å². The maximum absolute atomic E-state index is 5.99. The summed E-state index contributed by atoms with van der Waals surface area (Å²) in [6, 6.07) is 6.88. The van der Waals surface area contributed by atoms with E-state index in [1.54, 1.807) is 0 Å². The van der Waals surface area contributed by atoms with Crippen molar-refractivity contribution in [2.45, 2.75) is 45.6 Å². The first-order chi connectivity index (χ1) is 8.70. The first-order valence-electron chi connectivity index (χ1n) is 7.08. The molecule has 2 rings (SSSR count). The molecule has 1 aromatic rings. The van der Waals surface area contributed by atoms with E-state index in [1.807, 2.05) is 7.05 Å². The summed E-state index contributed by atoms with van der Waals surface area (Å²) in [6.45, 7) is 5.02. The molecule has 1 atom stereocenters. The summed E-state index contributed by atoms with van der Waals surface area (Å²) in [7, 11) is 2.05. The van der Waals surface area contributed by atoms with Crippen LogP contribution in [0.2, 0.25) is 0 Å². The van der Waals surface area contributed by atoms with Crippen molar-refractivity contribution in [1.29, 1.82) is 0 Å². The summed E-state index contributed by atoms with van der Waals surface area (Å²) in [5.74, 6) is 1.82. The number of hydrogen-bond acceptors (Lipinski definition) is 2. The highest BCUT2D eigenvalue weighted by atomic mass is 16.5. The summed E-state index contributed by atoms with van der Waals surface area (Å²) in [4.78, 5) is 0. The fourth-order valence-corrected chi connectivity index (χ4v) is 2.96. The summed E-state index contributed by atoms with van der Waals surface area (Å²) in [6.07, 6.45) is 5.46. The van der Waals surface area contributed by atoms with Crippen molar-refractivity contribution in [3.05, 3.63) is 29.3 Å². The summed E-state index contributed by atoms with van der Waals surface area (Å²) in [5.41, 5.74) is 2.53. The van der Waals surface area contributed by atoms with Crippen molar-refractivity contribution in [3.63, 3.8) is 0 Å². The average Bonchev–Trinajstić information content (AvgIpc) is 2.86. The Hall–Kier alpha value is -1.02. The molecule has 1 aromatic carbocycles. The van der Waals surface area contributed by atoms with E-state index < -0.39 is 0 Å². The Morgan fingerprint density at radius 3 is 2.61 bits per heavy atom. The third-order valence-corrected chi connectivity index (χ3v) is 4.09. The Bertz CT molecular complexity index is 383. The Kier molecular flexibility index (Phi) is 4.65. The molecule has 0 spiro atoms. The summed E-state index contributed by atoms with van der Waals surface area (Å²) in [5, 5.41) is 3.42. The Balaban J connectivity index is 1.92. The molecule has 0 aromatic heterocycles. The van der Waals surface area contributed by atoms with E-state index in [1.165, 1.54) is 36.8 Å². The first-order valence-corrected chi connectivity index (χ1v) is 7.08. The number of likely N-dealkylation sites (N-methyl/N-ethyl adjacent to an activating group) is 1. The lowest BCUT2D eigenvalue weighted by atomic mass is 9.99. The van der Waals surface area contributed by atoms with Crippen LogP contribution in [0.1, 0.15) is 36.8 Å². The third kappa shape index (κ3) is 3.26. The minimum Gasteiger partial charge on any atom is -0.492 e. The predicted molar refractivity (Wildman–Crippen MR) is 76.2 cm³/mol. The number of hydrogen-bond donors (Lipinski definition) is 1. The highest BCUT2D eigenvalue weighted by molar-refractivity contribution is 5.35. The molecule has 1 unspecified atom stereocenters. The summed E-state index contributed by atoms with van der Waals surface area (Å²) < 4.78 is 5.99. The molecule has 2 heteroatoms. The second-order valence-corrected chi connectivity index (χ2v) is 5.52. The Morgan fingerprint density at radius 2 is 2.00 bits per heavy atom. The van der Waals surface area contributed by atoms with Gasteiger partial charge in [0.2, 0.25) is 0 Å². The predicted octanol–water partition coefficient (Wildman–Crippen LogP) is 3.46. The van der Waals surface area contributed by atoms with Gasteiger partial charge in [-0.25, -0.2) is 0 Å². The number of rotatable bonds is 5. The Morgan fingerprint density at radius 1 is 1.28 bits per heavy atom. The Labute approximate surface area is 111 Å². The van der Waals surface area contributed by atoms with Crippen LogP contribution in [0.25, 0.3) is 0 Å². The van der Waals surface area contributed by atoms with Gasteiger partial charge in [0.25, 0.3) is 0 Å². The van der Waals surface area contributed by atoms with Gasteiger partial charge in [0, 0.05) is 6.04 Å². The molecule has 0 bridgehead atoms. The van der Waals surface area contributed by atoms with Crippen LogP contribution in [0.4, 0.5) is 0 Å². The van der Waals surface area contributed by atoms with Gasteiger partial charge in [-0.05, 0) is 51.3 Å². The molecule has 0 aliphatic heterocycles. The number of nitrogens with one attached hydrogen (secondary N) is 1. The van der Waals surface area contributed by atoms with Crippen LogP contribution >= 0.6 is 0 Å². The molecular weight excluding hydrogens is 222 g/mol. The van der Waals surface area contributed by atoms with Crippen molar-refractivity contribution in [3.8, 4) is 5.75 Å². The van der Waals surface area contributed by atoms with Crippen LogP contribution in [0, 0.1) is 19.8 Å². The lowest BCUT2D eigenvalue weighted by Crippen LogP contribution is -2.37. The lowest BCUT2D eigenvalue weighted by Gasteiger charge is -2.23. The van der Waals surface area contributed by atoms with E-state index in [2.05, 4.69) is 37.4 Å². The standard InChI is InChI=1S/C16H25NO/c1-12-8-9-16(13(2)10-12)18-11-15(17-3)14-6-4-5-7-14/h8-10,14-15,17H,4-7,11H2,1-3H3. The van der Waals surface area contributed by atoms with E-state index in [9.17, 15) is 0 Å². The molecule has 0 heterocycles. The van der Waals surface area contributed by atoms with Gasteiger partial charge >= 0.3 is 0 Å². The zero-order valence-electron chi connectivity index (χ0n) is 11.8. The van der Waals surface area contributed by atoms with Gasteiger partial charge in [0.05, 0.1) is 0 Å². The molecule has 1 saturated carbocycles. The van der Waals surface area contributed by atoms with Crippen molar-refractivity contribution in [2.75, 3.05) is 13.7 Å². The highest BCUT2D eigenvalue weighted by Gasteiger charge is 2.24. The second-order valence-electron chi connectivity index (χ2n) is 5.52. The van der Waals surface area contributed by atoms with Crippen LogP contribution in [-0.2, 0) is 0 Å². The quantitative estimate of drug-likeness (QED) is 0.860. The molecule has 0 amide bonds. The number of benzene rings is 1. The second kappa shape index (κ2) is 6.24. The largest absolute Gasteiger partial charge is 0.492 e. The molecule has 0 radical (unpaired) electrons. The third-order valence-electron chi connectivity index (χ3n) is 4.09. The van der Waals surface area contributed by atoms with Crippen molar-refractivity contribution in [1.82, 2.24) is 5.32 Å². The molecule has 100 valence electrons. The normalized spacial score (nSPS) is 17.9. The molecule has 1 N–H and O–H groups in total. The van der Waals surface area contributed by atoms with E-state index >= 15 is 0 Å². The summed E-state index contributed by atoms with van der Waals surface area (Å²) >= 11 is 0. The fraction of sp³-hybridized carbons (Fsp3) is 0.625. The molecule has 18 heavy (non-hydrogen) atoms. The monoisotopic (exact) mass is 247 g/mol. The molecule has 0 saturated heterocycles.